The Morgan fingerprint density at radius 3 is 2.73 bits per heavy atom. The Morgan fingerprint density at radius 1 is 1.38 bits per heavy atom. The molecule has 0 aliphatic carbocycles. The highest BCUT2D eigenvalue weighted by Crippen LogP contribution is 2.23. The van der Waals surface area contributed by atoms with Gasteiger partial charge < -0.3 is 15.0 Å². The summed E-state index contributed by atoms with van der Waals surface area (Å²) in [5.74, 6) is 1.74. The minimum atomic E-state index is -3.06. The van der Waals surface area contributed by atoms with Crippen molar-refractivity contribution in [3.8, 4) is 5.75 Å². The van der Waals surface area contributed by atoms with Gasteiger partial charge in [-0.1, -0.05) is 19.1 Å². The first-order valence-corrected chi connectivity index (χ1v) is 10.3. The zero-order valence-corrected chi connectivity index (χ0v) is 19.1. The number of benzene rings is 1. The molecule has 0 unspecified atom stereocenters. The van der Waals surface area contributed by atoms with Gasteiger partial charge >= 0.3 is 0 Å². The van der Waals surface area contributed by atoms with E-state index >= 15 is 0 Å². The Hall–Kier alpha value is -1.03. The van der Waals surface area contributed by atoms with E-state index in [1.807, 2.05) is 29.2 Å². The maximum Gasteiger partial charge on any atom is 0.193 e. The van der Waals surface area contributed by atoms with Gasteiger partial charge in [0.1, 0.15) is 5.75 Å². The first-order chi connectivity index (χ1) is 11.8. The van der Waals surface area contributed by atoms with Gasteiger partial charge in [0, 0.05) is 26.7 Å². The zero-order chi connectivity index (χ0) is 18.5. The quantitative estimate of drug-likeness (QED) is 0.387. The smallest absolute Gasteiger partial charge is 0.193 e. The van der Waals surface area contributed by atoms with Gasteiger partial charge in [-0.3, -0.25) is 4.99 Å². The summed E-state index contributed by atoms with van der Waals surface area (Å²) in [6.07, 6.45) is 0.975. The van der Waals surface area contributed by atoms with Gasteiger partial charge in [0.2, 0.25) is 0 Å². The maximum absolute atomic E-state index is 12.2. The zero-order valence-electron chi connectivity index (χ0n) is 16.0. The summed E-state index contributed by atoms with van der Waals surface area (Å²) in [5, 5.41) is 3.33. The van der Waals surface area contributed by atoms with Crippen LogP contribution in [0.3, 0.4) is 0 Å². The second kappa shape index (κ2) is 9.77. The van der Waals surface area contributed by atoms with E-state index in [0.717, 1.165) is 23.7 Å². The monoisotopic (exact) mass is 495 g/mol. The number of halogens is 1. The van der Waals surface area contributed by atoms with Crippen molar-refractivity contribution in [3.05, 3.63) is 29.8 Å². The van der Waals surface area contributed by atoms with Crippen LogP contribution in [-0.2, 0) is 16.4 Å². The van der Waals surface area contributed by atoms with Crippen LogP contribution in [0.2, 0.25) is 0 Å². The Bertz CT molecular complexity index is 720. The van der Waals surface area contributed by atoms with Crippen LogP contribution in [0, 0.1) is 0 Å². The summed E-state index contributed by atoms with van der Waals surface area (Å²) in [7, 11) is -1.34. The molecule has 0 spiro atoms. The summed E-state index contributed by atoms with van der Waals surface area (Å²) >= 11 is 0. The van der Waals surface area contributed by atoms with Gasteiger partial charge in [0.15, 0.2) is 15.8 Å². The molecule has 2 rings (SSSR count). The number of hydrogen-bond donors (Lipinski definition) is 1. The largest absolute Gasteiger partial charge is 0.494 e. The van der Waals surface area contributed by atoms with Crippen molar-refractivity contribution in [2.75, 3.05) is 32.5 Å². The molecule has 0 bridgehead atoms. The molecule has 1 N–H and O–H groups in total. The molecule has 0 aromatic heterocycles. The highest BCUT2D eigenvalue weighted by atomic mass is 127. The van der Waals surface area contributed by atoms with Crippen molar-refractivity contribution >= 4 is 39.8 Å². The summed E-state index contributed by atoms with van der Waals surface area (Å²) in [5.41, 5.74) is 1.10. The summed E-state index contributed by atoms with van der Waals surface area (Å²) in [4.78, 5) is 6.33. The second-order valence-corrected chi connectivity index (χ2v) is 9.64. The third kappa shape index (κ3) is 5.73. The van der Waals surface area contributed by atoms with Crippen LogP contribution < -0.4 is 10.1 Å². The standard InChI is InChI=1S/C18H29N3O3S.HI/c1-5-10-24-16-8-6-7-15(12-16)13-20-17(19-4)21-9-11-25(22,23)18(2,3)14-21;/h6-8,12H,5,9-11,13-14H2,1-4H3,(H,19,20);1H. The third-order valence-corrected chi connectivity index (χ3v) is 6.91. The fourth-order valence-electron chi connectivity index (χ4n) is 2.80. The Balaban J connectivity index is 0.00000338. The van der Waals surface area contributed by atoms with Gasteiger partial charge in [0.25, 0.3) is 0 Å². The highest BCUT2D eigenvalue weighted by Gasteiger charge is 2.40. The molecule has 1 saturated heterocycles. The second-order valence-electron chi connectivity index (χ2n) is 6.90. The van der Waals surface area contributed by atoms with Crippen LogP contribution in [0.4, 0.5) is 0 Å². The third-order valence-electron chi connectivity index (χ3n) is 4.38. The van der Waals surface area contributed by atoms with Gasteiger partial charge in [0.05, 0.1) is 17.1 Å². The lowest BCUT2D eigenvalue weighted by Crippen LogP contribution is -2.57. The summed E-state index contributed by atoms with van der Waals surface area (Å²) in [6.45, 7) is 7.84. The van der Waals surface area contributed by atoms with Crippen LogP contribution in [0.5, 0.6) is 5.75 Å². The van der Waals surface area contributed by atoms with E-state index in [1.54, 1.807) is 20.9 Å². The molecule has 1 aliphatic heterocycles. The minimum Gasteiger partial charge on any atom is -0.494 e. The molecule has 0 saturated carbocycles. The van der Waals surface area contributed by atoms with Crippen molar-refractivity contribution in [3.63, 3.8) is 0 Å². The lowest BCUT2D eigenvalue weighted by atomic mass is 10.2. The molecule has 6 nitrogen and oxygen atoms in total. The predicted octanol–water partition coefficient (Wildman–Crippen LogP) is 2.68. The lowest BCUT2D eigenvalue weighted by molar-refractivity contribution is 0.317. The molecular formula is C18H30IN3O3S. The number of hydrogen-bond acceptors (Lipinski definition) is 4. The fourth-order valence-corrected chi connectivity index (χ4v) is 4.17. The molecule has 1 aromatic carbocycles. The Kier molecular flexibility index (Phi) is 8.65. The number of rotatable bonds is 5. The lowest BCUT2D eigenvalue weighted by Gasteiger charge is -2.39. The van der Waals surface area contributed by atoms with Crippen molar-refractivity contribution in [2.24, 2.45) is 4.99 Å². The molecular weight excluding hydrogens is 465 g/mol. The molecule has 1 heterocycles. The van der Waals surface area contributed by atoms with E-state index in [1.165, 1.54) is 0 Å². The number of nitrogens with one attached hydrogen (secondary N) is 1. The molecule has 148 valence electrons. The Morgan fingerprint density at radius 2 is 2.12 bits per heavy atom. The van der Waals surface area contributed by atoms with Crippen LogP contribution in [0.25, 0.3) is 0 Å². The summed E-state index contributed by atoms with van der Waals surface area (Å²) < 4.78 is 29.2. The van der Waals surface area contributed by atoms with Crippen LogP contribution in [0.1, 0.15) is 32.8 Å². The number of aliphatic imine (C=N–C) groups is 1. The van der Waals surface area contributed by atoms with Crippen LogP contribution in [-0.4, -0.2) is 56.5 Å². The maximum atomic E-state index is 12.2. The van der Waals surface area contributed by atoms with E-state index in [0.29, 0.717) is 26.2 Å². The SMILES string of the molecule is CCCOc1cccc(CNC(=NC)N2CCS(=O)(=O)C(C)(C)C2)c1.I. The highest BCUT2D eigenvalue weighted by molar-refractivity contribution is 14.0. The van der Waals surface area contributed by atoms with E-state index in [4.69, 9.17) is 4.74 Å². The van der Waals surface area contributed by atoms with Crippen molar-refractivity contribution in [1.82, 2.24) is 10.2 Å². The van der Waals surface area contributed by atoms with Crippen LogP contribution >= 0.6 is 24.0 Å². The van der Waals surface area contributed by atoms with Crippen molar-refractivity contribution < 1.29 is 13.2 Å². The van der Waals surface area contributed by atoms with Gasteiger partial charge in [-0.25, -0.2) is 8.42 Å². The predicted molar refractivity (Wildman–Crippen MR) is 117 cm³/mol. The fraction of sp³-hybridized carbons (Fsp3) is 0.611. The van der Waals surface area contributed by atoms with Gasteiger partial charge in [-0.15, -0.1) is 24.0 Å². The normalized spacial score (nSPS) is 18.8. The molecule has 1 fully saturated rings. The molecule has 1 aromatic rings. The van der Waals surface area contributed by atoms with Gasteiger partial charge in [-0.2, -0.15) is 0 Å². The van der Waals surface area contributed by atoms with Crippen molar-refractivity contribution in [2.45, 2.75) is 38.5 Å². The number of nitrogens with zero attached hydrogens (tertiary/aromatic N) is 2. The average molecular weight is 495 g/mol. The number of guanidine groups is 1. The molecule has 1 aliphatic rings. The average Bonchev–Trinajstić information content (AvgIpc) is 2.57. The van der Waals surface area contributed by atoms with E-state index in [-0.39, 0.29) is 29.7 Å². The van der Waals surface area contributed by atoms with E-state index in [2.05, 4.69) is 17.2 Å². The van der Waals surface area contributed by atoms with Gasteiger partial charge in [-0.05, 0) is 38.0 Å². The molecule has 26 heavy (non-hydrogen) atoms. The minimum absolute atomic E-state index is 0. The topological polar surface area (TPSA) is 71.0 Å². The molecule has 0 amide bonds. The number of ether oxygens (including phenoxy) is 1. The van der Waals surface area contributed by atoms with Crippen LogP contribution in [0.15, 0.2) is 29.3 Å². The molecule has 0 radical (unpaired) electrons. The summed E-state index contributed by atoms with van der Waals surface area (Å²) in [6, 6.07) is 7.97. The van der Waals surface area contributed by atoms with E-state index < -0.39 is 14.6 Å². The first-order valence-electron chi connectivity index (χ1n) is 8.68. The number of sulfone groups is 1. The first kappa shape index (κ1) is 23.0. The molecule has 8 heteroatoms. The van der Waals surface area contributed by atoms with Crippen molar-refractivity contribution in [1.29, 1.82) is 0 Å². The Labute approximate surface area is 174 Å². The molecule has 0 atom stereocenters. The van der Waals surface area contributed by atoms with E-state index in [9.17, 15) is 8.42 Å².